The van der Waals surface area contributed by atoms with Crippen LogP contribution >= 0.6 is 0 Å². The zero-order valence-electron chi connectivity index (χ0n) is 7.72. The molecule has 15 heavy (non-hydrogen) atoms. The Morgan fingerprint density at radius 1 is 0.800 bits per heavy atom. The van der Waals surface area contributed by atoms with Crippen LogP contribution in [-0.4, -0.2) is 41.9 Å². The second-order valence-electron chi connectivity index (χ2n) is 2.67. The highest BCUT2D eigenvalue weighted by atomic mass is 16.7. The van der Waals surface area contributed by atoms with Gasteiger partial charge in [-0.25, -0.2) is 0 Å². The van der Waals surface area contributed by atoms with Gasteiger partial charge in [0.15, 0.2) is 0 Å². The first-order valence-corrected chi connectivity index (χ1v) is 4.17. The summed E-state index contributed by atoms with van der Waals surface area (Å²) < 4.78 is 9.03. The largest absolute Gasteiger partial charge is 0.620 e. The van der Waals surface area contributed by atoms with E-state index in [0.29, 0.717) is 5.46 Å². The van der Waals surface area contributed by atoms with E-state index >= 15 is 0 Å². The van der Waals surface area contributed by atoms with E-state index in [4.69, 9.17) is 20.1 Å². The van der Waals surface area contributed by atoms with Gasteiger partial charge in [-0.1, -0.05) is 30.3 Å². The summed E-state index contributed by atoms with van der Waals surface area (Å²) in [5, 5.41) is 34.3. The lowest BCUT2D eigenvalue weighted by atomic mass is 9.75. The van der Waals surface area contributed by atoms with Gasteiger partial charge in [0.1, 0.15) is 0 Å². The molecule has 0 aliphatic heterocycles. The van der Waals surface area contributed by atoms with Crippen molar-refractivity contribution in [2.75, 3.05) is 0 Å². The minimum Gasteiger partial charge on any atom is -0.422 e. The fourth-order valence-electron chi connectivity index (χ4n) is 1.02. The van der Waals surface area contributed by atoms with E-state index in [-0.39, 0.29) is 0 Å². The Bertz CT molecular complexity index is 271. The Labute approximate surface area is 87.6 Å². The van der Waals surface area contributed by atoms with Crippen LogP contribution in [0, 0.1) is 0 Å². The van der Waals surface area contributed by atoms with Gasteiger partial charge in [-0.2, -0.15) is 0 Å². The lowest BCUT2D eigenvalue weighted by molar-refractivity contribution is 0.237. The molecule has 6 nitrogen and oxygen atoms in total. The average molecular weight is 210 g/mol. The number of hydrogen-bond donors (Lipinski definition) is 4. The van der Waals surface area contributed by atoms with E-state index in [1.807, 2.05) is 0 Å². The molecule has 0 aliphatic rings. The van der Waals surface area contributed by atoms with Crippen molar-refractivity contribution in [3.63, 3.8) is 0 Å². The van der Waals surface area contributed by atoms with Crippen molar-refractivity contribution in [1.29, 1.82) is 0 Å². The van der Waals surface area contributed by atoms with E-state index in [1.54, 1.807) is 30.3 Å². The molecule has 1 aromatic rings. The van der Waals surface area contributed by atoms with E-state index in [2.05, 4.69) is 9.14 Å². The smallest absolute Gasteiger partial charge is 0.422 e. The molecule has 0 fully saturated rings. The molecule has 1 aromatic carbocycles. The van der Waals surface area contributed by atoms with Crippen LogP contribution in [0.1, 0.15) is 0 Å². The molecule has 0 bridgehead atoms. The molecular formula is C6H9B3O6. The predicted molar refractivity (Wildman–Crippen MR) is 54.4 cm³/mol. The highest BCUT2D eigenvalue weighted by Gasteiger charge is 2.30. The van der Waals surface area contributed by atoms with Crippen LogP contribution < -0.4 is 5.46 Å². The molecule has 4 N–H and O–H groups in total. The molecular weight excluding hydrogens is 200 g/mol. The maximum Gasteiger partial charge on any atom is 0.620 e. The summed E-state index contributed by atoms with van der Waals surface area (Å²) in [5.74, 6) is 0. The van der Waals surface area contributed by atoms with E-state index < -0.39 is 21.8 Å². The zero-order chi connectivity index (χ0) is 11.3. The van der Waals surface area contributed by atoms with Crippen molar-refractivity contribution in [2.24, 2.45) is 0 Å². The lowest BCUT2D eigenvalue weighted by Crippen LogP contribution is -2.45. The van der Waals surface area contributed by atoms with Gasteiger partial charge in [0.2, 0.25) is 0 Å². The highest BCUT2D eigenvalue weighted by molar-refractivity contribution is 6.71. The van der Waals surface area contributed by atoms with E-state index in [1.165, 1.54) is 0 Å². The average Bonchev–Trinajstić information content (AvgIpc) is 2.17. The molecule has 9 heteroatoms. The third-order valence-corrected chi connectivity index (χ3v) is 1.56. The Morgan fingerprint density at radius 3 is 1.67 bits per heavy atom. The molecule has 0 amide bonds. The quantitative estimate of drug-likeness (QED) is 0.396. The second-order valence-corrected chi connectivity index (χ2v) is 2.67. The molecule has 0 saturated heterocycles. The predicted octanol–water partition coefficient (Wildman–Crippen LogP) is -2.65. The van der Waals surface area contributed by atoms with Gasteiger partial charge in [0.05, 0.1) is 0 Å². The van der Waals surface area contributed by atoms with Crippen molar-refractivity contribution < 1.29 is 29.2 Å². The molecule has 0 aromatic heterocycles. The van der Waals surface area contributed by atoms with Crippen LogP contribution in [0.2, 0.25) is 0 Å². The fraction of sp³-hybridized carbons (Fsp3) is 0. The van der Waals surface area contributed by atoms with Crippen LogP contribution in [-0.2, 0) is 9.14 Å². The standard InChI is InChI=1S/C6H9B3O6/c10-8(11)14-7(15-9(12)13)6-4-2-1-3-5-6/h1-5,10-13H. The van der Waals surface area contributed by atoms with Gasteiger partial charge in [-0.05, 0) is 5.46 Å². The Hall–Kier alpha value is -0.825. The fourth-order valence-corrected chi connectivity index (χ4v) is 1.02. The monoisotopic (exact) mass is 210 g/mol. The molecule has 0 aliphatic carbocycles. The normalized spacial score (nSPS) is 9.87. The first kappa shape index (κ1) is 12.2. The van der Waals surface area contributed by atoms with Gasteiger partial charge in [0.25, 0.3) is 0 Å². The van der Waals surface area contributed by atoms with Crippen LogP contribution in [0.15, 0.2) is 30.3 Å². The molecule has 0 saturated carbocycles. The van der Waals surface area contributed by atoms with Crippen molar-refractivity contribution in [3.8, 4) is 0 Å². The van der Waals surface area contributed by atoms with Gasteiger partial charge < -0.3 is 29.2 Å². The third-order valence-electron chi connectivity index (χ3n) is 1.56. The topological polar surface area (TPSA) is 99.4 Å². The summed E-state index contributed by atoms with van der Waals surface area (Å²) in [6.45, 7) is 0. The van der Waals surface area contributed by atoms with Crippen LogP contribution in [0.4, 0.5) is 0 Å². The van der Waals surface area contributed by atoms with Gasteiger partial charge >= 0.3 is 21.8 Å². The number of benzene rings is 1. The molecule has 0 unspecified atom stereocenters. The third kappa shape index (κ3) is 4.47. The Balaban J connectivity index is 2.72. The molecule has 0 heterocycles. The van der Waals surface area contributed by atoms with Gasteiger partial charge in [-0.3, -0.25) is 0 Å². The van der Waals surface area contributed by atoms with E-state index in [9.17, 15) is 0 Å². The van der Waals surface area contributed by atoms with Gasteiger partial charge in [-0.15, -0.1) is 0 Å². The Morgan fingerprint density at radius 2 is 1.27 bits per heavy atom. The summed E-state index contributed by atoms with van der Waals surface area (Å²) >= 11 is 0. The summed E-state index contributed by atoms with van der Waals surface area (Å²) in [4.78, 5) is 0. The van der Waals surface area contributed by atoms with Gasteiger partial charge in [0, 0.05) is 0 Å². The van der Waals surface area contributed by atoms with Crippen molar-refractivity contribution in [1.82, 2.24) is 0 Å². The molecule has 78 valence electrons. The molecule has 0 spiro atoms. The first-order chi connectivity index (χ1) is 7.09. The first-order valence-electron chi connectivity index (χ1n) is 4.17. The molecule has 1 rings (SSSR count). The summed E-state index contributed by atoms with van der Waals surface area (Å²) in [5.41, 5.74) is 0.429. The second kappa shape index (κ2) is 5.91. The number of rotatable bonds is 5. The van der Waals surface area contributed by atoms with Crippen molar-refractivity contribution in [3.05, 3.63) is 30.3 Å². The van der Waals surface area contributed by atoms with Crippen molar-refractivity contribution >= 4 is 27.2 Å². The summed E-state index contributed by atoms with van der Waals surface area (Å²) in [6, 6.07) is 8.24. The Kier molecular flexibility index (Phi) is 4.83. The lowest BCUT2D eigenvalue weighted by Gasteiger charge is -2.14. The summed E-state index contributed by atoms with van der Waals surface area (Å²) in [6.07, 6.45) is 0. The maximum atomic E-state index is 8.59. The van der Waals surface area contributed by atoms with Crippen LogP contribution in [0.25, 0.3) is 0 Å². The van der Waals surface area contributed by atoms with Crippen LogP contribution in [0.5, 0.6) is 0 Å². The number of hydrogen-bond acceptors (Lipinski definition) is 6. The van der Waals surface area contributed by atoms with Crippen molar-refractivity contribution in [2.45, 2.75) is 0 Å². The minimum atomic E-state index is -2.06. The SMILES string of the molecule is OB(O)OB(OB(O)O)c1ccccc1. The van der Waals surface area contributed by atoms with E-state index in [0.717, 1.165) is 0 Å². The zero-order valence-corrected chi connectivity index (χ0v) is 7.72. The minimum absolute atomic E-state index is 0.429. The summed E-state index contributed by atoms with van der Waals surface area (Å²) in [7, 11) is -5.38. The highest BCUT2D eigenvalue weighted by Crippen LogP contribution is 1.94. The molecule has 0 atom stereocenters. The van der Waals surface area contributed by atoms with Crippen LogP contribution in [0.3, 0.4) is 0 Å². The maximum absolute atomic E-state index is 8.59. The molecule has 0 radical (unpaired) electrons.